The smallest absolute Gasteiger partial charge is 0.0434 e. The molecule has 2 N–H and O–H groups in total. The molecule has 0 bridgehead atoms. The van der Waals surface area contributed by atoms with E-state index in [2.05, 4.69) is 26.1 Å². The monoisotopic (exact) mass is 187 g/mol. The average Bonchev–Trinajstić information content (AvgIpc) is 2.12. The molecule has 0 aliphatic carbocycles. The second-order valence-electron chi connectivity index (χ2n) is 3.88. The van der Waals surface area contributed by atoms with Gasteiger partial charge in [0.2, 0.25) is 0 Å². The molecule has 13 heavy (non-hydrogen) atoms. The Kier molecular flexibility index (Phi) is 8.46. The molecule has 0 aromatic heterocycles. The molecule has 2 atom stereocenters. The van der Waals surface area contributed by atoms with Crippen molar-refractivity contribution < 1.29 is 5.11 Å². The largest absolute Gasteiger partial charge is 0.396 e. The highest BCUT2D eigenvalue weighted by Crippen LogP contribution is 2.06. The highest BCUT2D eigenvalue weighted by molar-refractivity contribution is 4.65. The minimum Gasteiger partial charge on any atom is -0.396 e. The molecule has 0 aromatic rings. The molecule has 2 unspecified atom stereocenters. The summed E-state index contributed by atoms with van der Waals surface area (Å²) in [6.07, 6.45) is 4.58. The molecule has 80 valence electrons. The van der Waals surface area contributed by atoms with Gasteiger partial charge < -0.3 is 10.4 Å². The molecule has 0 aliphatic rings. The number of aliphatic hydroxyl groups is 1. The van der Waals surface area contributed by atoms with E-state index in [1.54, 1.807) is 0 Å². The first-order chi connectivity index (χ1) is 6.24. The van der Waals surface area contributed by atoms with Crippen LogP contribution in [0.2, 0.25) is 0 Å². The van der Waals surface area contributed by atoms with Gasteiger partial charge in [-0.2, -0.15) is 0 Å². The summed E-state index contributed by atoms with van der Waals surface area (Å²) in [6, 6.07) is 0.623. The summed E-state index contributed by atoms with van der Waals surface area (Å²) < 4.78 is 0. The molecule has 0 aliphatic heterocycles. The van der Waals surface area contributed by atoms with Gasteiger partial charge in [-0.05, 0) is 32.2 Å². The van der Waals surface area contributed by atoms with Crippen molar-refractivity contribution in [2.24, 2.45) is 5.92 Å². The lowest BCUT2D eigenvalue weighted by atomic mass is 10.0. The first kappa shape index (κ1) is 12.9. The lowest BCUT2D eigenvalue weighted by Crippen LogP contribution is -2.31. The molecule has 0 spiro atoms. The number of rotatable bonds is 8. The number of hydrogen-bond acceptors (Lipinski definition) is 2. The summed E-state index contributed by atoms with van der Waals surface area (Å²) in [7, 11) is 0. The van der Waals surface area contributed by atoms with Crippen LogP contribution in [0.5, 0.6) is 0 Å². The van der Waals surface area contributed by atoms with Crippen LogP contribution < -0.4 is 5.32 Å². The molecule has 2 nitrogen and oxygen atoms in total. The van der Waals surface area contributed by atoms with Crippen molar-refractivity contribution in [1.29, 1.82) is 0 Å². The minimum atomic E-state index is 0.322. The Hall–Kier alpha value is -0.0800. The van der Waals surface area contributed by atoms with Crippen LogP contribution in [0.3, 0.4) is 0 Å². The molecule has 0 radical (unpaired) electrons. The van der Waals surface area contributed by atoms with E-state index in [4.69, 9.17) is 5.11 Å². The molecule has 0 aromatic carbocycles. The summed E-state index contributed by atoms with van der Waals surface area (Å²) in [4.78, 5) is 0. The van der Waals surface area contributed by atoms with Crippen LogP contribution in [-0.2, 0) is 0 Å². The van der Waals surface area contributed by atoms with Gasteiger partial charge in [0.05, 0.1) is 0 Å². The van der Waals surface area contributed by atoms with E-state index < -0.39 is 0 Å². The third-order valence-corrected chi connectivity index (χ3v) is 2.59. The highest BCUT2D eigenvalue weighted by atomic mass is 16.3. The van der Waals surface area contributed by atoms with E-state index in [1.165, 1.54) is 12.8 Å². The zero-order chi connectivity index (χ0) is 10.1. The Morgan fingerprint density at radius 3 is 2.38 bits per heavy atom. The van der Waals surface area contributed by atoms with Crippen molar-refractivity contribution in [2.45, 2.75) is 52.5 Å². The zero-order valence-electron chi connectivity index (χ0n) is 9.34. The maximum Gasteiger partial charge on any atom is 0.0434 e. The predicted molar refractivity (Wildman–Crippen MR) is 57.9 cm³/mol. The van der Waals surface area contributed by atoms with Crippen molar-refractivity contribution in [3.8, 4) is 0 Å². The van der Waals surface area contributed by atoms with Crippen LogP contribution in [0.4, 0.5) is 0 Å². The first-order valence-corrected chi connectivity index (χ1v) is 5.58. The topological polar surface area (TPSA) is 32.3 Å². The van der Waals surface area contributed by atoms with Crippen LogP contribution >= 0.6 is 0 Å². The number of hydrogen-bond donors (Lipinski definition) is 2. The molecule has 0 saturated carbocycles. The van der Waals surface area contributed by atoms with E-state index >= 15 is 0 Å². The third kappa shape index (κ3) is 7.03. The summed E-state index contributed by atoms with van der Waals surface area (Å²) >= 11 is 0. The summed E-state index contributed by atoms with van der Waals surface area (Å²) in [5, 5.41) is 12.3. The van der Waals surface area contributed by atoms with Crippen LogP contribution in [0.15, 0.2) is 0 Å². The predicted octanol–water partition coefficient (Wildman–Crippen LogP) is 2.17. The Morgan fingerprint density at radius 1 is 1.23 bits per heavy atom. The van der Waals surface area contributed by atoms with E-state index in [0.717, 1.165) is 19.4 Å². The molecule has 0 amide bonds. The Morgan fingerprint density at radius 2 is 1.92 bits per heavy atom. The van der Waals surface area contributed by atoms with Gasteiger partial charge in [-0.25, -0.2) is 0 Å². The summed E-state index contributed by atoms with van der Waals surface area (Å²) in [6.45, 7) is 8.01. The lowest BCUT2D eigenvalue weighted by molar-refractivity contribution is 0.248. The van der Waals surface area contributed by atoms with Gasteiger partial charge >= 0.3 is 0 Å². The van der Waals surface area contributed by atoms with Gasteiger partial charge in [0, 0.05) is 12.6 Å². The maximum atomic E-state index is 8.81. The average molecular weight is 187 g/mol. The van der Waals surface area contributed by atoms with Gasteiger partial charge in [0.25, 0.3) is 0 Å². The van der Waals surface area contributed by atoms with Crippen molar-refractivity contribution in [3.05, 3.63) is 0 Å². The van der Waals surface area contributed by atoms with Gasteiger partial charge in [0.15, 0.2) is 0 Å². The molecule has 0 saturated heterocycles. The Labute approximate surface area is 82.7 Å². The van der Waals surface area contributed by atoms with Crippen LogP contribution in [0.25, 0.3) is 0 Å². The second-order valence-corrected chi connectivity index (χ2v) is 3.88. The third-order valence-electron chi connectivity index (χ3n) is 2.59. The molecule has 0 rings (SSSR count). The van der Waals surface area contributed by atoms with Crippen LogP contribution in [0.1, 0.15) is 46.5 Å². The fraction of sp³-hybridized carbons (Fsp3) is 1.00. The van der Waals surface area contributed by atoms with Crippen molar-refractivity contribution in [2.75, 3.05) is 13.2 Å². The fourth-order valence-electron chi connectivity index (χ4n) is 1.54. The summed E-state index contributed by atoms with van der Waals surface area (Å²) in [5.74, 6) is 0.643. The Bertz CT molecular complexity index is 106. The Balaban J connectivity index is 3.46. The zero-order valence-corrected chi connectivity index (χ0v) is 9.34. The van der Waals surface area contributed by atoms with Crippen LogP contribution in [0, 0.1) is 5.92 Å². The van der Waals surface area contributed by atoms with E-state index in [1.807, 2.05) is 0 Å². The van der Waals surface area contributed by atoms with E-state index in [-0.39, 0.29) is 0 Å². The number of aliphatic hydroxyl groups excluding tert-OH is 1. The van der Waals surface area contributed by atoms with Crippen molar-refractivity contribution in [3.63, 3.8) is 0 Å². The minimum absolute atomic E-state index is 0.322. The van der Waals surface area contributed by atoms with E-state index in [9.17, 15) is 0 Å². The normalized spacial score (nSPS) is 15.7. The number of nitrogens with one attached hydrogen (secondary N) is 1. The van der Waals surface area contributed by atoms with Gasteiger partial charge in [0.1, 0.15) is 0 Å². The standard InChI is InChI=1S/C11H25NO/c1-4-6-10(3)12-9-11(5-2)7-8-13/h10-13H,4-9H2,1-3H3. The van der Waals surface area contributed by atoms with E-state index in [0.29, 0.717) is 18.6 Å². The maximum absolute atomic E-state index is 8.81. The van der Waals surface area contributed by atoms with Crippen molar-refractivity contribution >= 4 is 0 Å². The second kappa shape index (κ2) is 8.52. The molecule has 0 fully saturated rings. The van der Waals surface area contributed by atoms with Gasteiger partial charge in [-0.15, -0.1) is 0 Å². The summed E-state index contributed by atoms with van der Waals surface area (Å²) in [5.41, 5.74) is 0. The quantitative estimate of drug-likeness (QED) is 0.610. The van der Waals surface area contributed by atoms with Gasteiger partial charge in [-0.3, -0.25) is 0 Å². The first-order valence-electron chi connectivity index (χ1n) is 5.58. The lowest BCUT2D eigenvalue weighted by Gasteiger charge is -2.18. The molecular weight excluding hydrogens is 162 g/mol. The highest BCUT2D eigenvalue weighted by Gasteiger charge is 2.06. The fourth-order valence-corrected chi connectivity index (χ4v) is 1.54. The molecule has 0 heterocycles. The van der Waals surface area contributed by atoms with Crippen LogP contribution in [-0.4, -0.2) is 24.3 Å². The SMILES string of the molecule is CCCC(C)NCC(CC)CCO. The molecule has 2 heteroatoms. The molecular formula is C11H25NO. The van der Waals surface area contributed by atoms with Gasteiger partial charge in [-0.1, -0.05) is 26.7 Å². The van der Waals surface area contributed by atoms with Crippen molar-refractivity contribution in [1.82, 2.24) is 5.32 Å².